The molecule has 0 aliphatic carbocycles. The van der Waals surface area contributed by atoms with E-state index in [1.165, 1.54) is 11.0 Å². The molecule has 1 amide bonds. The quantitative estimate of drug-likeness (QED) is 0.614. The predicted molar refractivity (Wildman–Crippen MR) is 96.4 cm³/mol. The van der Waals surface area contributed by atoms with Gasteiger partial charge in [0.25, 0.3) is 0 Å². The van der Waals surface area contributed by atoms with Gasteiger partial charge in [-0.15, -0.1) is 5.10 Å². The minimum absolute atomic E-state index is 0.209. The second kappa shape index (κ2) is 8.11. The van der Waals surface area contributed by atoms with Gasteiger partial charge in [-0.05, 0) is 35.4 Å². The highest BCUT2D eigenvalue weighted by Crippen LogP contribution is 2.21. The van der Waals surface area contributed by atoms with E-state index in [1.54, 1.807) is 29.3 Å². The molecule has 0 radical (unpaired) electrons. The number of amides is 1. The van der Waals surface area contributed by atoms with Crippen molar-refractivity contribution < 1.29 is 9.53 Å². The first-order valence-electron chi connectivity index (χ1n) is 9.23. The maximum Gasteiger partial charge on any atom is 0.222 e. The molecular formula is C17H21N9O2. The van der Waals surface area contributed by atoms with Crippen molar-refractivity contribution >= 4 is 5.91 Å². The van der Waals surface area contributed by atoms with Gasteiger partial charge in [0, 0.05) is 19.5 Å². The van der Waals surface area contributed by atoms with Crippen molar-refractivity contribution in [3.63, 3.8) is 0 Å². The van der Waals surface area contributed by atoms with Gasteiger partial charge >= 0.3 is 0 Å². The van der Waals surface area contributed by atoms with Crippen molar-refractivity contribution in [1.82, 2.24) is 45.1 Å². The highest BCUT2D eigenvalue weighted by molar-refractivity contribution is 5.75. The van der Waals surface area contributed by atoms with Crippen molar-refractivity contribution in [1.29, 1.82) is 0 Å². The fourth-order valence-corrected chi connectivity index (χ4v) is 3.14. The highest BCUT2D eigenvalue weighted by atomic mass is 16.5. The number of ether oxygens (including phenoxy) is 1. The number of likely N-dealkylation sites (tertiary alicyclic amines) is 1. The smallest absolute Gasteiger partial charge is 0.222 e. The lowest BCUT2D eigenvalue weighted by molar-refractivity contribution is -0.132. The molecule has 1 saturated heterocycles. The van der Waals surface area contributed by atoms with E-state index < -0.39 is 0 Å². The average molecular weight is 383 g/mol. The van der Waals surface area contributed by atoms with Crippen LogP contribution in [0, 0.1) is 0 Å². The number of aromatic nitrogens is 8. The molecular weight excluding hydrogens is 362 g/mol. The molecule has 146 valence electrons. The van der Waals surface area contributed by atoms with Crippen molar-refractivity contribution in [3.05, 3.63) is 36.5 Å². The molecule has 4 rings (SSSR count). The van der Waals surface area contributed by atoms with Crippen LogP contribution in [0.25, 0.3) is 5.82 Å². The monoisotopic (exact) mass is 383 g/mol. The summed E-state index contributed by atoms with van der Waals surface area (Å²) in [6, 6.07) is 3.79. The van der Waals surface area contributed by atoms with Crippen molar-refractivity contribution in [2.75, 3.05) is 13.1 Å². The van der Waals surface area contributed by atoms with Gasteiger partial charge in [0.1, 0.15) is 24.4 Å². The van der Waals surface area contributed by atoms with Crippen LogP contribution in [-0.4, -0.2) is 64.1 Å². The molecule has 1 aliphatic rings. The second-order valence-electron chi connectivity index (χ2n) is 6.52. The fraction of sp³-hybridized carbons (Fsp3) is 0.471. The standard InChI is InChI=1S/C17H21N9O2/c1-2-17(27)24-7-5-14(6-8-24)26-20-9-13(21-26)11-28-15-3-4-16(18-10-15)25-12-19-22-23-25/h3-4,9-10,12,14H,2,5-8,11H2,1H3. The predicted octanol–water partition coefficient (Wildman–Crippen LogP) is 0.801. The van der Waals surface area contributed by atoms with Crippen LogP contribution in [0.2, 0.25) is 0 Å². The first-order chi connectivity index (χ1) is 13.7. The summed E-state index contributed by atoms with van der Waals surface area (Å²) < 4.78 is 7.20. The molecule has 3 aromatic heterocycles. The minimum Gasteiger partial charge on any atom is -0.486 e. The SMILES string of the molecule is CCC(=O)N1CCC(n2ncc(COc3ccc(-n4cnnn4)nc3)n2)CC1. The molecule has 0 aromatic carbocycles. The van der Waals surface area contributed by atoms with Crippen LogP contribution in [0.4, 0.5) is 0 Å². The Morgan fingerprint density at radius 3 is 2.79 bits per heavy atom. The zero-order valence-corrected chi connectivity index (χ0v) is 15.5. The number of piperidine rings is 1. The lowest BCUT2D eigenvalue weighted by atomic mass is 10.1. The van der Waals surface area contributed by atoms with Crippen LogP contribution in [-0.2, 0) is 11.4 Å². The molecule has 0 N–H and O–H groups in total. The largest absolute Gasteiger partial charge is 0.486 e. The van der Waals surface area contributed by atoms with Crippen LogP contribution < -0.4 is 4.74 Å². The number of rotatable bonds is 6. The minimum atomic E-state index is 0.209. The molecule has 0 bridgehead atoms. The maximum absolute atomic E-state index is 11.8. The van der Waals surface area contributed by atoms with Crippen LogP contribution in [0.15, 0.2) is 30.9 Å². The van der Waals surface area contributed by atoms with Crippen LogP contribution in [0.5, 0.6) is 5.75 Å². The summed E-state index contributed by atoms with van der Waals surface area (Å²) in [6.45, 7) is 3.71. The van der Waals surface area contributed by atoms with Gasteiger partial charge in [0.05, 0.1) is 18.4 Å². The molecule has 28 heavy (non-hydrogen) atoms. The molecule has 0 atom stereocenters. The summed E-state index contributed by atoms with van der Waals surface area (Å²) in [4.78, 5) is 19.7. The van der Waals surface area contributed by atoms with Crippen molar-refractivity contribution in [2.24, 2.45) is 0 Å². The van der Waals surface area contributed by atoms with Crippen LogP contribution >= 0.6 is 0 Å². The Morgan fingerprint density at radius 2 is 2.11 bits per heavy atom. The molecule has 4 heterocycles. The van der Waals surface area contributed by atoms with E-state index >= 15 is 0 Å². The fourth-order valence-electron chi connectivity index (χ4n) is 3.14. The van der Waals surface area contributed by atoms with Gasteiger partial charge in [-0.3, -0.25) is 4.79 Å². The molecule has 0 spiro atoms. The third-order valence-corrected chi connectivity index (χ3v) is 4.69. The van der Waals surface area contributed by atoms with E-state index in [0.29, 0.717) is 24.6 Å². The molecule has 3 aromatic rings. The normalized spacial score (nSPS) is 15.0. The Labute approximate surface area is 161 Å². The summed E-state index contributed by atoms with van der Waals surface area (Å²) in [5.74, 6) is 1.44. The van der Waals surface area contributed by atoms with E-state index in [9.17, 15) is 4.79 Å². The van der Waals surface area contributed by atoms with Gasteiger partial charge in [-0.25, -0.2) is 4.98 Å². The number of carbonyl (C=O) groups excluding carboxylic acids is 1. The van der Waals surface area contributed by atoms with Gasteiger partial charge in [0.2, 0.25) is 5.91 Å². The van der Waals surface area contributed by atoms with Crippen LogP contribution in [0.1, 0.15) is 37.9 Å². The zero-order valence-electron chi connectivity index (χ0n) is 15.5. The third kappa shape index (κ3) is 3.97. The Hall–Kier alpha value is -3.37. The lowest BCUT2D eigenvalue weighted by Gasteiger charge is -2.31. The van der Waals surface area contributed by atoms with Gasteiger partial charge in [-0.2, -0.15) is 19.7 Å². The number of hydrogen-bond acceptors (Lipinski definition) is 8. The molecule has 0 saturated carbocycles. The summed E-state index contributed by atoms with van der Waals surface area (Å²) in [5, 5.41) is 19.8. The molecule has 11 nitrogen and oxygen atoms in total. The summed E-state index contributed by atoms with van der Waals surface area (Å²) in [7, 11) is 0. The maximum atomic E-state index is 11.8. The Bertz CT molecular complexity index is 899. The Balaban J connectivity index is 1.30. The third-order valence-electron chi connectivity index (χ3n) is 4.69. The van der Waals surface area contributed by atoms with E-state index in [-0.39, 0.29) is 11.9 Å². The molecule has 0 unspecified atom stereocenters. The average Bonchev–Trinajstić information content (AvgIpc) is 3.44. The van der Waals surface area contributed by atoms with Gasteiger partial charge < -0.3 is 9.64 Å². The number of nitrogens with zero attached hydrogens (tertiary/aromatic N) is 9. The molecule has 1 aliphatic heterocycles. The number of hydrogen-bond donors (Lipinski definition) is 0. The topological polar surface area (TPSA) is 117 Å². The van der Waals surface area contributed by atoms with E-state index in [1.807, 2.05) is 11.8 Å². The highest BCUT2D eigenvalue weighted by Gasteiger charge is 2.24. The summed E-state index contributed by atoms with van der Waals surface area (Å²) in [6.07, 6.45) is 7.09. The van der Waals surface area contributed by atoms with E-state index in [0.717, 1.165) is 31.6 Å². The Kier molecular flexibility index (Phi) is 5.22. The summed E-state index contributed by atoms with van der Waals surface area (Å²) >= 11 is 0. The second-order valence-corrected chi connectivity index (χ2v) is 6.52. The first kappa shape index (κ1) is 18.0. The number of tetrazole rings is 1. The van der Waals surface area contributed by atoms with Gasteiger partial charge in [0.15, 0.2) is 5.82 Å². The molecule has 11 heteroatoms. The number of carbonyl (C=O) groups is 1. The number of pyridine rings is 1. The van der Waals surface area contributed by atoms with E-state index in [2.05, 4.69) is 30.7 Å². The zero-order chi connectivity index (χ0) is 19.3. The van der Waals surface area contributed by atoms with Crippen molar-refractivity contribution in [3.8, 4) is 11.6 Å². The Morgan fingerprint density at radius 1 is 1.25 bits per heavy atom. The van der Waals surface area contributed by atoms with E-state index in [4.69, 9.17) is 4.74 Å². The van der Waals surface area contributed by atoms with Gasteiger partial charge in [-0.1, -0.05) is 6.92 Å². The van der Waals surface area contributed by atoms with Crippen LogP contribution in [0.3, 0.4) is 0 Å². The van der Waals surface area contributed by atoms with Crippen molar-refractivity contribution in [2.45, 2.75) is 38.8 Å². The lowest BCUT2D eigenvalue weighted by Crippen LogP contribution is -2.39. The molecule has 1 fully saturated rings. The summed E-state index contributed by atoms with van der Waals surface area (Å²) in [5.41, 5.74) is 0.747. The first-order valence-corrected chi connectivity index (χ1v) is 9.23.